The van der Waals surface area contributed by atoms with Crippen LogP contribution in [0.15, 0.2) is 46.0 Å². The molecule has 3 aromatic heterocycles. The molecule has 0 spiro atoms. The second kappa shape index (κ2) is 11.9. The van der Waals surface area contributed by atoms with Gasteiger partial charge in [0.15, 0.2) is 18.1 Å². The van der Waals surface area contributed by atoms with Crippen LogP contribution in [-0.4, -0.2) is 77.4 Å². The van der Waals surface area contributed by atoms with Crippen LogP contribution < -0.4 is 16.0 Å². The first kappa shape index (κ1) is 27.4. The Kier molecular flexibility index (Phi) is 8.15. The van der Waals surface area contributed by atoms with E-state index in [9.17, 15) is 14.4 Å². The average Bonchev–Trinajstić information content (AvgIpc) is 3.57. The van der Waals surface area contributed by atoms with Crippen molar-refractivity contribution in [3.63, 3.8) is 0 Å². The number of amides is 1. The topological polar surface area (TPSA) is 123 Å². The maximum atomic E-state index is 13.1. The quantitative estimate of drug-likeness (QED) is 0.321. The number of piperazine rings is 1. The third-order valence-corrected chi connectivity index (χ3v) is 7.17. The molecule has 5 rings (SSSR count). The predicted molar refractivity (Wildman–Crippen MR) is 151 cm³/mol. The molecule has 0 aliphatic carbocycles. The van der Waals surface area contributed by atoms with E-state index in [1.54, 1.807) is 22.4 Å². The number of rotatable bonds is 10. The van der Waals surface area contributed by atoms with Gasteiger partial charge in [-0.2, -0.15) is 0 Å². The fourth-order valence-electron chi connectivity index (χ4n) is 5.09. The van der Waals surface area contributed by atoms with Gasteiger partial charge in [-0.3, -0.25) is 28.3 Å². The molecule has 40 heavy (non-hydrogen) atoms. The van der Waals surface area contributed by atoms with Crippen LogP contribution in [0.4, 0.5) is 0 Å². The van der Waals surface area contributed by atoms with Crippen molar-refractivity contribution in [3.05, 3.63) is 62.8 Å². The lowest BCUT2D eigenvalue weighted by atomic mass is 10.2. The molecule has 12 heteroatoms. The first-order valence-electron chi connectivity index (χ1n) is 13.8. The standard InChI is InChI=1S/C28H36N8O4/c1-4-11-35-26-24(27(38)36(12-5-2)28(35)39)29-25(30-26)21-17-22(31-32(21)3)40-19-23(37)34-15-13-33(14-16-34)18-20-9-7-6-8-10-20/h6-10,17H,4-5,11-16,18-19H2,1-3H3,(H,29,30). The molecule has 0 bridgehead atoms. The van der Waals surface area contributed by atoms with Gasteiger partial charge in [0.25, 0.3) is 11.5 Å². The molecule has 1 amide bonds. The van der Waals surface area contributed by atoms with E-state index in [2.05, 4.69) is 32.1 Å². The van der Waals surface area contributed by atoms with Crippen molar-refractivity contribution in [2.24, 2.45) is 7.05 Å². The van der Waals surface area contributed by atoms with Crippen LogP contribution in [0, 0.1) is 0 Å². The number of aromatic nitrogens is 6. The van der Waals surface area contributed by atoms with Crippen molar-refractivity contribution in [1.29, 1.82) is 0 Å². The number of hydrogen-bond acceptors (Lipinski definition) is 7. The van der Waals surface area contributed by atoms with Crippen molar-refractivity contribution >= 4 is 17.1 Å². The lowest BCUT2D eigenvalue weighted by molar-refractivity contribution is -0.135. The predicted octanol–water partition coefficient (Wildman–Crippen LogP) is 1.83. The van der Waals surface area contributed by atoms with Gasteiger partial charge in [-0.05, 0) is 18.4 Å². The summed E-state index contributed by atoms with van der Waals surface area (Å²) in [6, 6.07) is 12.0. The third kappa shape index (κ3) is 5.57. The summed E-state index contributed by atoms with van der Waals surface area (Å²) >= 11 is 0. The monoisotopic (exact) mass is 548 g/mol. The van der Waals surface area contributed by atoms with Crippen molar-refractivity contribution < 1.29 is 9.53 Å². The van der Waals surface area contributed by atoms with Crippen molar-refractivity contribution in [2.75, 3.05) is 32.8 Å². The van der Waals surface area contributed by atoms with Gasteiger partial charge in [-0.1, -0.05) is 44.2 Å². The lowest BCUT2D eigenvalue weighted by Gasteiger charge is -2.34. The zero-order valence-corrected chi connectivity index (χ0v) is 23.3. The summed E-state index contributed by atoms with van der Waals surface area (Å²) in [7, 11) is 1.73. The van der Waals surface area contributed by atoms with Gasteiger partial charge >= 0.3 is 5.69 Å². The largest absolute Gasteiger partial charge is 0.466 e. The third-order valence-electron chi connectivity index (χ3n) is 7.17. The molecule has 1 aliphatic heterocycles. The Bertz CT molecular complexity index is 1590. The molecule has 0 unspecified atom stereocenters. The Hall–Kier alpha value is -4.19. The molecule has 1 aliphatic rings. The van der Waals surface area contributed by atoms with Gasteiger partial charge in [0.1, 0.15) is 11.2 Å². The molecule has 4 aromatic rings. The van der Waals surface area contributed by atoms with Crippen molar-refractivity contribution in [3.8, 4) is 17.4 Å². The van der Waals surface area contributed by atoms with Crippen molar-refractivity contribution in [2.45, 2.75) is 46.3 Å². The molecule has 212 valence electrons. The van der Waals surface area contributed by atoms with E-state index in [-0.39, 0.29) is 35.2 Å². The molecule has 12 nitrogen and oxygen atoms in total. The molecule has 0 atom stereocenters. The van der Waals surface area contributed by atoms with Crippen LogP contribution >= 0.6 is 0 Å². The minimum Gasteiger partial charge on any atom is -0.466 e. The molecule has 0 radical (unpaired) electrons. The SMILES string of the molecule is CCCn1c(=O)c2[nH]c(-c3cc(OCC(=O)N4CCN(Cc5ccccc5)CC4)nn3C)nc2n(CCC)c1=O. The van der Waals surface area contributed by atoms with Gasteiger partial charge in [-0.15, -0.1) is 5.10 Å². The number of ether oxygens (including phenoxy) is 1. The number of fused-ring (bicyclic) bond motifs is 1. The first-order chi connectivity index (χ1) is 19.4. The minimum absolute atomic E-state index is 0.0876. The van der Waals surface area contributed by atoms with Gasteiger partial charge in [0.05, 0.1) is 0 Å². The number of nitrogens with zero attached hydrogens (tertiary/aromatic N) is 7. The van der Waals surface area contributed by atoms with E-state index in [4.69, 9.17) is 4.74 Å². The summed E-state index contributed by atoms with van der Waals surface area (Å²) in [5, 5.41) is 4.38. The lowest BCUT2D eigenvalue weighted by Crippen LogP contribution is -2.49. The molecular formula is C28H36N8O4. The van der Waals surface area contributed by atoms with E-state index in [1.807, 2.05) is 36.9 Å². The summed E-state index contributed by atoms with van der Waals surface area (Å²) in [4.78, 5) is 50.7. The summed E-state index contributed by atoms with van der Waals surface area (Å²) in [6.07, 6.45) is 1.39. The number of carbonyl (C=O) groups excluding carboxylic acids is 1. The highest BCUT2D eigenvalue weighted by molar-refractivity contribution is 5.78. The van der Waals surface area contributed by atoms with Crippen molar-refractivity contribution in [1.82, 2.24) is 38.7 Å². The molecule has 4 heterocycles. The smallest absolute Gasteiger partial charge is 0.332 e. The van der Waals surface area contributed by atoms with E-state index < -0.39 is 0 Å². The summed E-state index contributed by atoms with van der Waals surface area (Å²) in [5.41, 5.74) is 1.70. The molecule has 1 saturated heterocycles. The minimum atomic E-state index is -0.388. The second-order valence-corrected chi connectivity index (χ2v) is 10.1. The summed E-state index contributed by atoms with van der Waals surface area (Å²) in [6.45, 7) is 8.35. The fraction of sp³-hybridized carbons (Fsp3) is 0.464. The van der Waals surface area contributed by atoms with Crippen LogP contribution in [-0.2, 0) is 31.5 Å². The summed E-state index contributed by atoms with van der Waals surface area (Å²) < 4.78 is 10.1. The molecular weight excluding hydrogens is 512 g/mol. The average molecular weight is 549 g/mol. The maximum absolute atomic E-state index is 13.1. The second-order valence-electron chi connectivity index (χ2n) is 10.1. The van der Waals surface area contributed by atoms with E-state index in [0.29, 0.717) is 49.8 Å². The Morgan fingerprint density at radius 1 is 1.00 bits per heavy atom. The summed E-state index contributed by atoms with van der Waals surface area (Å²) in [5.74, 6) is 0.593. The Morgan fingerprint density at radius 3 is 2.40 bits per heavy atom. The van der Waals surface area contributed by atoms with Crippen LogP contribution in [0.1, 0.15) is 32.3 Å². The number of hydrogen-bond donors (Lipinski definition) is 1. The van der Waals surface area contributed by atoms with Gasteiger partial charge in [0.2, 0.25) is 5.88 Å². The van der Waals surface area contributed by atoms with Crippen LogP contribution in [0.2, 0.25) is 0 Å². The first-order valence-corrected chi connectivity index (χ1v) is 13.8. The number of aryl methyl sites for hydroxylation is 2. The highest BCUT2D eigenvalue weighted by Crippen LogP contribution is 2.22. The normalized spacial score (nSPS) is 14.2. The molecule has 1 N–H and O–H groups in total. The number of imidazole rings is 1. The van der Waals surface area contributed by atoms with E-state index in [1.165, 1.54) is 10.1 Å². The fourth-order valence-corrected chi connectivity index (χ4v) is 5.09. The Balaban J connectivity index is 1.26. The number of nitrogens with one attached hydrogen (secondary N) is 1. The zero-order chi connectivity index (χ0) is 28.2. The Morgan fingerprint density at radius 2 is 1.70 bits per heavy atom. The van der Waals surface area contributed by atoms with Crippen LogP contribution in [0.25, 0.3) is 22.7 Å². The van der Waals surface area contributed by atoms with Crippen LogP contribution in [0.3, 0.4) is 0 Å². The number of carbonyl (C=O) groups is 1. The highest BCUT2D eigenvalue weighted by Gasteiger charge is 2.23. The number of benzene rings is 1. The number of H-pyrrole nitrogens is 1. The maximum Gasteiger partial charge on any atom is 0.332 e. The van der Waals surface area contributed by atoms with E-state index in [0.717, 1.165) is 26.1 Å². The zero-order valence-electron chi connectivity index (χ0n) is 23.3. The molecule has 0 saturated carbocycles. The number of aromatic amines is 1. The highest BCUT2D eigenvalue weighted by atomic mass is 16.5. The van der Waals surface area contributed by atoms with Crippen LogP contribution in [0.5, 0.6) is 5.88 Å². The van der Waals surface area contributed by atoms with E-state index >= 15 is 0 Å². The van der Waals surface area contributed by atoms with Gasteiger partial charge < -0.3 is 14.6 Å². The molecule has 1 aromatic carbocycles. The van der Waals surface area contributed by atoms with Gasteiger partial charge in [0, 0.05) is 58.9 Å². The molecule has 1 fully saturated rings. The van der Waals surface area contributed by atoms with Gasteiger partial charge in [-0.25, -0.2) is 9.78 Å². The Labute approximate surface area is 231 Å².